The Bertz CT molecular complexity index is 557. The highest BCUT2D eigenvalue weighted by Gasteiger charge is 2.72. The van der Waals surface area contributed by atoms with E-state index in [0.717, 1.165) is 32.3 Å². The second-order valence-corrected chi connectivity index (χ2v) is 7.93. The molecule has 17 heavy (non-hydrogen) atoms. The van der Waals surface area contributed by atoms with E-state index >= 15 is 0 Å². The zero-order chi connectivity index (χ0) is 11.4. The monoisotopic (exact) mass is 357 g/mol. The molecule has 3 fully saturated rings. The summed E-state index contributed by atoms with van der Waals surface area (Å²) in [5, 5.41) is 1.01. The largest absolute Gasteiger partial charge is 0.259 e. The van der Waals surface area contributed by atoms with Crippen LogP contribution in [0.25, 0.3) is 0 Å². The van der Waals surface area contributed by atoms with Crippen molar-refractivity contribution in [2.45, 2.75) is 37.5 Å². The molecule has 1 heterocycles. The molecule has 1 aromatic rings. The molecule has 4 aliphatic rings. The summed E-state index contributed by atoms with van der Waals surface area (Å²) >= 11 is 8.87. The van der Waals surface area contributed by atoms with E-state index < -0.39 is 0 Å². The molecular formula is C14H13ClIN. The van der Waals surface area contributed by atoms with Crippen LogP contribution in [0.1, 0.15) is 48.8 Å². The Morgan fingerprint density at radius 3 is 2.94 bits per heavy atom. The van der Waals surface area contributed by atoms with Crippen LogP contribution in [0.4, 0.5) is 0 Å². The normalized spacial score (nSPS) is 47.9. The number of fused-ring (bicyclic) bond motifs is 4. The lowest BCUT2D eigenvalue weighted by Crippen LogP contribution is -2.59. The van der Waals surface area contributed by atoms with Gasteiger partial charge in [0, 0.05) is 17.8 Å². The first-order chi connectivity index (χ1) is 8.22. The van der Waals surface area contributed by atoms with Crippen LogP contribution >= 0.6 is 34.2 Å². The van der Waals surface area contributed by atoms with Gasteiger partial charge in [-0.25, -0.2) is 0 Å². The number of pyridine rings is 1. The molecule has 0 aliphatic heterocycles. The van der Waals surface area contributed by atoms with Crippen molar-refractivity contribution in [3.8, 4) is 0 Å². The fraction of sp³-hybridized carbons (Fsp3) is 0.643. The number of hydrogen-bond donors (Lipinski definition) is 0. The maximum Gasteiger partial charge on any atom is 0.0608 e. The summed E-state index contributed by atoms with van der Waals surface area (Å²) in [4.78, 5) is 4.76. The minimum Gasteiger partial charge on any atom is -0.259 e. The predicted molar refractivity (Wildman–Crippen MR) is 75.3 cm³/mol. The van der Waals surface area contributed by atoms with Crippen molar-refractivity contribution in [2.24, 2.45) is 17.3 Å². The first kappa shape index (κ1) is 10.0. The Kier molecular flexibility index (Phi) is 1.68. The van der Waals surface area contributed by atoms with E-state index in [9.17, 15) is 0 Å². The average molecular weight is 358 g/mol. The maximum atomic E-state index is 6.55. The molecule has 0 radical (unpaired) electrons. The summed E-state index contributed by atoms with van der Waals surface area (Å²) in [6.07, 6.45) is 7.67. The first-order valence-corrected chi connectivity index (χ1v) is 8.01. The zero-order valence-electron chi connectivity index (χ0n) is 9.42. The number of rotatable bonds is 0. The van der Waals surface area contributed by atoms with Gasteiger partial charge in [0.2, 0.25) is 0 Å². The van der Waals surface area contributed by atoms with Gasteiger partial charge >= 0.3 is 0 Å². The number of nitrogens with zero attached hydrogens (tertiary/aromatic N) is 1. The summed E-state index contributed by atoms with van der Waals surface area (Å²) in [5.74, 6) is 3.52. The number of hydrogen-bond acceptors (Lipinski definition) is 1. The van der Waals surface area contributed by atoms with E-state index in [-0.39, 0.29) is 0 Å². The topological polar surface area (TPSA) is 12.9 Å². The Morgan fingerprint density at radius 1 is 1.29 bits per heavy atom. The van der Waals surface area contributed by atoms with Crippen molar-refractivity contribution in [1.29, 1.82) is 0 Å². The van der Waals surface area contributed by atoms with Gasteiger partial charge in [-0.3, -0.25) is 4.98 Å². The van der Waals surface area contributed by atoms with Crippen LogP contribution in [0.15, 0.2) is 6.20 Å². The van der Waals surface area contributed by atoms with Gasteiger partial charge in [-0.15, -0.1) is 0 Å². The summed E-state index contributed by atoms with van der Waals surface area (Å²) < 4.78 is 1.13. The first-order valence-electron chi connectivity index (χ1n) is 6.55. The highest BCUT2D eigenvalue weighted by atomic mass is 127. The van der Waals surface area contributed by atoms with Crippen LogP contribution in [-0.2, 0) is 0 Å². The molecule has 0 aromatic carbocycles. The molecule has 3 heteroatoms. The molecule has 0 N–H and O–H groups in total. The van der Waals surface area contributed by atoms with Crippen molar-refractivity contribution in [1.82, 2.24) is 4.98 Å². The minimum atomic E-state index is 0.695. The summed E-state index contributed by atoms with van der Waals surface area (Å²) in [5.41, 5.74) is 3.51. The van der Waals surface area contributed by atoms with Crippen LogP contribution in [-0.4, -0.2) is 4.98 Å². The van der Waals surface area contributed by atoms with Crippen LogP contribution in [0, 0.1) is 20.8 Å². The molecule has 88 valence electrons. The summed E-state index contributed by atoms with van der Waals surface area (Å²) in [7, 11) is 0. The van der Waals surface area contributed by atoms with Crippen LogP contribution in [0.2, 0.25) is 5.02 Å². The van der Waals surface area contributed by atoms with Gasteiger partial charge in [-0.1, -0.05) is 11.6 Å². The molecule has 5 atom stereocenters. The van der Waals surface area contributed by atoms with E-state index in [0.29, 0.717) is 5.41 Å². The van der Waals surface area contributed by atoms with E-state index in [1.54, 1.807) is 0 Å². The molecule has 5 rings (SSSR count). The third kappa shape index (κ3) is 0.897. The highest BCUT2D eigenvalue weighted by Crippen LogP contribution is 2.81. The molecule has 3 saturated carbocycles. The third-order valence-corrected chi connectivity index (χ3v) is 7.75. The highest BCUT2D eigenvalue weighted by molar-refractivity contribution is 14.1. The number of aromatic nitrogens is 1. The quantitative estimate of drug-likeness (QED) is 0.629. The lowest BCUT2D eigenvalue weighted by molar-refractivity contribution is -0.148. The maximum absolute atomic E-state index is 6.55. The summed E-state index contributed by atoms with van der Waals surface area (Å²) in [6.45, 7) is 0. The Hall–Kier alpha value is 0.170. The van der Waals surface area contributed by atoms with Crippen molar-refractivity contribution >= 4 is 34.2 Å². The lowest BCUT2D eigenvalue weighted by Gasteiger charge is -2.67. The lowest BCUT2D eigenvalue weighted by atomic mass is 9.37. The fourth-order valence-corrected chi connectivity index (χ4v) is 6.30. The van der Waals surface area contributed by atoms with E-state index in [2.05, 4.69) is 22.6 Å². The molecule has 4 aliphatic carbocycles. The van der Waals surface area contributed by atoms with Gasteiger partial charge in [-0.2, -0.15) is 0 Å². The molecule has 1 aromatic heterocycles. The second-order valence-electron chi connectivity index (χ2n) is 6.39. The zero-order valence-corrected chi connectivity index (χ0v) is 12.3. The van der Waals surface area contributed by atoms with Crippen molar-refractivity contribution in [3.63, 3.8) is 0 Å². The fourth-order valence-electron chi connectivity index (χ4n) is 5.57. The van der Waals surface area contributed by atoms with Crippen LogP contribution < -0.4 is 0 Å². The minimum absolute atomic E-state index is 0.695. The van der Waals surface area contributed by atoms with Crippen LogP contribution in [0.5, 0.6) is 0 Å². The van der Waals surface area contributed by atoms with Gasteiger partial charge in [0.25, 0.3) is 0 Å². The molecular weight excluding hydrogens is 345 g/mol. The second kappa shape index (κ2) is 2.84. The van der Waals surface area contributed by atoms with Gasteiger partial charge in [0.05, 0.1) is 8.59 Å². The Morgan fingerprint density at radius 2 is 2.12 bits per heavy atom. The van der Waals surface area contributed by atoms with E-state index in [1.807, 2.05) is 6.20 Å². The third-order valence-electron chi connectivity index (χ3n) is 6.20. The van der Waals surface area contributed by atoms with Crippen LogP contribution in [0.3, 0.4) is 0 Å². The smallest absolute Gasteiger partial charge is 0.0608 e. The van der Waals surface area contributed by atoms with Gasteiger partial charge < -0.3 is 0 Å². The summed E-state index contributed by atoms with van der Waals surface area (Å²) in [6, 6.07) is 0. The molecule has 1 nitrogen and oxygen atoms in total. The average Bonchev–Trinajstić information content (AvgIpc) is 2.67. The Balaban J connectivity index is 1.79. The molecule has 0 saturated heterocycles. The standard InChI is InChI=1S/C14H13ClIN/c15-12-10(16)5-17-13-9-3-8-2-7-1-6(11(12)13)4-14(7,8)9/h5-9H,1-4H2. The van der Waals surface area contributed by atoms with Gasteiger partial charge in [-0.05, 0) is 77.0 Å². The molecule has 5 unspecified atom stereocenters. The Labute approximate surface area is 119 Å². The van der Waals surface area contributed by atoms with Crippen molar-refractivity contribution in [3.05, 3.63) is 26.0 Å². The molecule has 2 bridgehead atoms. The predicted octanol–water partition coefficient (Wildman–Crippen LogP) is 4.34. The van der Waals surface area contributed by atoms with Crippen molar-refractivity contribution < 1.29 is 0 Å². The number of halogens is 2. The van der Waals surface area contributed by atoms with E-state index in [4.69, 9.17) is 16.6 Å². The van der Waals surface area contributed by atoms with E-state index in [1.165, 1.54) is 36.9 Å². The van der Waals surface area contributed by atoms with Gasteiger partial charge in [0.15, 0.2) is 0 Å². The van der Waals surface area contributed by atoms with Crippen molar-refractivity contribution in [2.75, 3.05) is 0 Å². The van der Waals surface area contributed by atoms with Gasteiger partial charge in [0.1, 0.15) is 0 Å². The molecule has 1 spiro atoms. The molecule has 0 amide bonds. The SMILES string of the molecule is Clc1c(I)cnc2c1C1CC3CC4CC2C34C1.